The maximum Gasteiger partial charge on any atom is -0.0225 e. The summed E-state index contributed by atoms with van der Waals surface area (Å²) in [5.41, 5.74) is 6.09. The van der Waals surface area contributed by atoms with Crippen LogP contribution in [0.5, 0.6) is 0 Å². The molecule has 0 heterocycles. The fraction of sp³-hybridized carbons (Fsp3) is 0.429. The molecule has 1 aliphatic carbocycles. The molecule has 0 heteroatoms. The van der Waals surface area contributed by atoms with Gasteiger partial charge in [-0.05, 0) is 43.7 Å². The summed E-state index contributed by atoms with van der Waals surface area (Å²) in [7, 11) is 0. The Hall–Kier alpha value is -1.04. The molecule has 1 aliphatic rings. The Balaban J connectivity index is 2.34. The van der Waals surface area contributed by atoms with Crippen LogP contribution in [0.4, 0.5) is 0 Å². The van der Waals surface area contributed by atoms with Crippen molar-refractivity contribution in [2.75, 3.05) is 0 Å². The van der Waals surface area contributed by atoms with E-state index in [1.54, 1.807) is 11.1 Å². The van der Waals surface area contributed by atoms with Crippen LogP contribution < -0.4 is 0 Å². The van der Waals surface area contributed by atoms with E-state index >= 15 is 0 Å². The van der Waals surface area contributed by atoms with Crippen LogP contribution in [0.1, 0.15) is 43.7 Å². The standard InChI is InChI=1S/C14H18/c1-3-12-5-4-6-14(12)13-9-7-11(2)8-10-13/h7-10H,3-6H2,1-2H3. The fourth-order valence-electron chi connectivity index (χ4n) is 2.30. The zero-order chi connectivity index (χ0) is 9.97. The highest BCUT2D eigenvalue weighted by Crippen LogP contribution is 2.35. The second kappa shape index (κ2) is 4.00. The van der Waals surface area contributed by atoms with Crippen molar-refractivity contribution in [3.05, 3.63) is 41.0 Å². The molecule has 0 fully saturated rings. The van der Waals surface area contributed by atoms with Crippen LogP contribution in [0.2, 0.25) is 0 Å². The highest BCUT2D eigenvalue weighted by atomic mass is 14.2. The van der Waals surface area contributed by atoms with E-state index in [0.29, 0.717) is 0 Å². The van der Waals surface area contributed by atoms with Gasteiger partial charge in [0.2, 0.25) is 0 Å². The van der Waals surface area contributed by atoms with E-state index < -0.39 is 0 Å². The lowest BCUT2D eigenvalue weighted by molar-refractivity contribution is 0.881. The van der Waals surface area contributed by atoms with Gasteiger partial charge >= 0.3 is 0 Å². The van der Waals surface area contributed by atoms with Gasteiger partial charge in [-0.25, -0.2) is 0 Å². The van der Waals surface area contributed by atoms with Crippen LogP contribution in [0.3, 0.4) is 0 Å². The third-order valence-corrected chi connectivity index (χ3v) is 3.16. The summed E-state index contributed by atoms with van der Waals surface area (Å²) in [6.07, 6.45) is 5.18. The Morgan fingerprint density at radius 3 is 2.43 bits per heavy atom. The van der Waals surface area contributed by atoms with E-state index in [1.165, 1.54) is 36.8 Å². The first-order valence-electron chi connectivity index (χ1n) is 5.59. The highest BCUT2D eigenvalue weighted by Gasteiger charge is 2.13. The minimum atomic E-state index is 1.23. The fourth-order valence-corrected chi connectivity index (χ4v) is 2.30. The van der Waals surface area contributed by atoms with Gasteiger partial charge in [-0.2, -0.15) is 0 Å². The number of rotatable bonds is 2. The molecular formula is C14H18. The van der Waals surface area contributed by atoms with Gasteiger partial charge in [-0.15, -0.1) is 0 Å². The summed E-state index contributed by atoms with van der Waals surface area (Å²) in [6.45, 7) is 4.42. The van der Waals surface area contributed by atoms with Crippen molar-refractivity contribution in [3.63, 3.8) is 0 Å². The van der Waals surface area contributed by atoms with E-state index in [2.05, 4.69) is 38.1 Å². The zero-order valence-electron chi connectivity index (χ0n) is 9.14. The lowest BCUT2D eigenvalue weighted by Gasteiger charge is -2.06. The zero-order valence-corrected chi connectivity index (χ0v) is 9.14. The van der Waals surface area contributed by atoms with Gasteiger partial charge in [0.15, 0.2) is 0 Å². The normalized spacial score (nSPS) is 16.4. The summed E-state index contributed by atoms with van der Waals surface area (Å²) in [5.74, 6) is 0. The van der Waals surface area contributed by atoms with Crippen LogP contribution in [-0.2, 0) is 0 Å². The van der Waals surface area contributed by atoms with Gasteiger partial charge in [0, 0.05) is 0 Å². The van der Waals surface area contributed by atoms with Crippen LogP contribution in [0.15, 0.2) is 29.8 Å². The first-order valence-corrected chi connectivity index (χ1v) is 5.59. The Morgan fingerprint density at radius 1 is 1.07 bits per heavy atom. The van der Waals surface area contributed by atoms with Crippen molar-refractivity contribution < 1.29 is 0 Å². The number of allylic oxidation sites excluding steroid dienone is 2. The monoisotopic (exact) mass is 186 g/mol. The van der Waals surface area contributed by atoms with Crippen molar-refractivity contribution >= 4 is 5.57 Å². The Labute approximate surface area is 86.7 Å². The third-order valence-electron chi connectivity index (χ3n) is 3.16. The van der Waals surface area contributed by atoms with E-state index in [1.807, 2.05) is 0 Å². The predicted octanol–water partition coefficient (Wildman–Crippen LogP) is 4.34. The molecular weight excluding hydrogens is 168 g/mol. The number of benzene rings is 1. The van der Waals surface area contributed by atoms with Gasteiger partial charge in [0.1, 0.15) is 0 Å². The van der Waals surface area contributed by atoms with Crippen LogP contribution in [0.25, 0.3) is 5.57 Å². The highest BCUT2D eigenvalue weighted by molar-refractivity contribution is 5.70. The minimum absolute atomic E-state index is 1.23. The molecule has 0 unspecified atom stereocenters. The molecule has 0 saturated carbocycles. The molecule has 0 amide bonds. The van der Waals surface area contributed by atoms with Gasteiger partial charge in [-0.1, -0.05) is 42.3 Å². The Morgan fingerprint density at radius 2 is 1.79 bits per heavy atom. The lowest BCUT2D eigenvalue weighted by atomic mass is 10.00. The molecule has 0 atom stereocenters. The number of hydrogen-bond donors (Lipinski definition) is 0. The third kappa shape index (κ3) is 1.75. The molecule has 1 aromatic carbocycles. The maximum absolute atomic E-state index is 2.27. The summed E-state index contributed by atoms with van der Waals surface area (Å²) < 4.78 is 0. The molecule has 0 saturated heterocycles. The van der Waals surface area contributed by atoms with Crippen molar-refractivity contribution in [2.24, 2.45) is 0 Å². The molecule has 0 aromatic heterocycles. The summed E-state index contributed by atoms with van der Waals surface area (Å²) in [5, 5.41) is 0. The van der Waals surface area contributed by atoms with Gasteiger partial charge in [0.05, 0.1) is 0 Å². The second-order valence-electron chi connectivity index (χ2n) is 4.16. The van der Waals surface area contributed by atoms with Crippen LogP contribution >= 0.6 is 0 Å². The number of aryl methyl sites for hydroxylation is 1. The molecule has 14 heavy (non-hydrogen) atoms. The first kappa shape index (κ1) is 9.51. The minimum Gasteiger partial charge on any atom is -0.0667 e. The van der Waals surface area contributed by atoms with E-state index in [9.17, 15) is 0 Å². The van der Waals surface area contributed by atoms with Crippen LogP contribution in [0, 0.1) is 6.92 Å². The molecule has 1 aromatic rings. The molecule has 2 rings (SSSR count). The quantitative estimate of drug-likeness (QED) is 0.644. The Kier molecular flexibility index (Phi) is 2.72. The lowest BCUT2D eigenvalue weighted by Crippen LogP contribution is -1.84. The van der Waals surface area contributed by atoms with E-state index in [0.717, 1.165) is 0 Å². The largest absolute Gasteiger partial charge is 0.0667 e. The summed E-state index contributed by atoms with van der Waals surface area (Å²) in [6, 6.07) is 8.97. The van der Waals surface area contributed by atoms with E-state index in [4.69, 9.17) is 0 Å². The van der Waals surface area contributed by atoms with Crippen molar-refractivity contribution in [1.82, 2.24) is 0 Å². The summed E-state index contributed by atoms with van der Waals surface area (Å²) in [4.78, 5) is 0. The molecule has 0 spiro atoms. The van der Waals surface area contributed by atoms with Gasteiger partial charge in [-0.3, -0.25) is 0 Å². The SMILES string of the molecule is CCC1=C(c2ccc(C)cc2)CCC1. The molecule has 0 bridgehead atoms. The molecule has 0 aliphatic heterocycles. The van der Waals surface area contributed by atoms with Crippen molar-refractivity contribution in [2.45, 2.75) is 39.5 Å². The second-order valence-corrected chi connectivity index (χ2v) is 4.16. The first-order chi connectivity index (χ1) is 6.81. The van der Waals surface area contributed by atoms with Crippen LogP contribution in [-0.4, -0.2) is 0 Å². The van der Waals surface area contributed by atoms with Crippen molar-refractivity contribution in [3.8, 4) is 0 Å². The topological polar surface area (TPSA) is 0 Å². The van der Waals surface area contributed by atoms with Crippen molar-refractivity contribution in [1.29, 1.82) is 0 Å². The molecule has 0 radical (unpaired) electrons. The average Bonchev–Trinajstić information content (AvgIpc) is 2.67. The van der Waals surface area contributed by atoms with Gasteiger partial charge in [0.25, 0.3) is 0 Å². The average molecular weight is 186 g/mol. The van der Waals surface area contributed by atoms with Gasteiger partial charge < -0.3 is 0 Å². The number of hydrogen-bond acceptors (Lipinski definition) is 0. The maximum atomic E-state index is 2.27. The predicted molar refractivity (Wildman–Crippen MR) is 62.2 cm³/mol. The Bertz CT molecular complexity index is 341. The smallest absolute Gasteiger partial charge is 0.0225 e. The molecule has 0 N–H and O–H groups in total. The molecule has 0 nitrogen and oxygen atoms in total. The summed E-state index contributed by atoms with van der Waals surface area (Å²) >= 11 is 0. The van der Waals surface area contributed by atoms with E-state index in [-0.39, 0.29) is 0 Å². The molecule has 74 valence electrons.